The molecule has 5 nitrogen and oxygen atoms in total. The fourth-order valence-corrected chi connectivity index (χ4v) is 2.07. The fraction of sp³-hybridized carbons (Fsp3) is 0.692. The molecule has 1 aliphatic rings. The van der Waals surface area contributed by atoms with Gasteiger partial charge >= 0.3 is 0 Å². The molecular formula is C13H22N4O. The van der Waals surface area contributed by atoms with E-state index in [1.54, 1.807) is 12.4 Å². The quantitative estimate of drug-likeness (QED) is 0.796. The number of hydrogen-bond acceptors (Lipinski definition) is 5. The van der Waals surface area contributed by atoms with Crippen molar-refractivity contribution >= 4 is 5.82 Å². The van der Waals surface area contributed by atoms with E-state index in [0.717, 1.165) is 18.8 Å². The number of hydrogen-bond donors (Lipinski definition) is 1. The van der Waals surface area contributed by atoms with Crippen LogP contribution in [0.3, 0.4) is 0 Å². The Morgan fingerprint density at radius 1 is 1.44 bits per heavy atom. The summed E-state index contributed by atoms with van der Waals surface area (Å²) in [6.07, 6.45) is 8.18. The highest BCUT2D eigenvalue weighted by molar-refractivity contribution is 5.39. The van der Waals surface area contributed by atoms with E-state index in [1.165, 1.54) is 19.3 Å². The Kier molecular flexibility index (Phi) is 4.75. The van der Waals surface area contributed by atoms with Crippen molar-refractivity contribution in [3.05, 3.63) is 12.4 Å². The van der Waals surface area contributed by atoms with Gasteiger partial charge in [0.25, 0.3) is 0 Å². The van der Waals surface area contributed by atoms with Crippen molar-refractivity contribution in [2.45, 2.75) is 38.6 Å². The SMILES string of the molecule is CCCOc1cncc(N(CCN)C2CCC2)n1. The van der Waals surface area contributed by atoms with E-state index in [1.807, 2.05) is 0 Å². The highest BCUT2D eigenvalue weighted by atomic mass is 16.5. The second-order valence-electron chi connectivity index (χ2n) is 4.63. The molecule has 100 valence electrons. The molecule has 0 aliphatic heterocycles. The average Bonchev–Trinajstić information content (AvgIpc) is 2.34. The van der Waals surface area contributed by atoms with Gasteiger partial charge in [0.1, 0.15) is 0 Å². The van der Waals surface area contributed by atoms with Crippen molar-refractivity contribution in [2.75, 3.05) is 24.6 Å². The van der Waals surface area contributed by atoms with Crippen LogP contribution in [0.4, 0.5) is 5.82 Å². The van der Waals surface area contributed by atoms with Gasteiger partial charge in [0.05, 0.1) is 19.0 Å². The van der Waals surface area contributed by atoms with Gasteiger partial charge in [-0.05, 0) is 25.7 Å². The van der Waals surface area contributed by atoms with Gasteiger partial charge in [-0.1, -0.05) is 6.92 Å². The summed E-state index contributed by atoms with van der Waals surface area (Å²) in [5, 5.41) is 0. The number of anilines is 1. The second kappa shape index (κ2) is 6.54. The van der Waals surface area contributed by atoms with Crippen LogP contribution in [-0.4, -0.2) is 35.7 Å². The van der Waals surface area contributed by atoms with Crippen molar-refractivity contribution < 1.29 is 4.74 Å². The van der Waals surface area contributed by atoms with Crippen molar-refractivity contribution in [1.82, 2.24) is 9.97 Å². The highest BCUT2D eigenvalue weighted by Gasteiger charge is 2.25. The summed E-state index contributed by atoms with van der Waals surface area (Å²) in [6, 6.07) is 0.573. The van der Waals surface area contributed by atoms with Crippen molar-refractivity contribution in [2.24, 2.45) is 5.73 Å². The van der Waals surface area contributed by atoms with Crippen molar-refractivity contribution in [3.63, 3.8) is 0 Å². The Morgan fingerprint density at radius 2 is 2.28 bits per heavy atom. The number of ether oxygens (including phenoxy) is 1. The van der Waals surface area contributed by atoms with Gasteiger partial charge in [0.2, 0.25) is 5.88 Å². The molecule has 1 heterocycles. The van der Waals surface area contributed by atoms with Crippen molar-refractivity contribution in [3.8, 4) is 5.88 Å². The Labute approximate surface area is 108 Å². The zero-order chi connectivity index (χ0) is 12.8. The predicted molar refractivity (Wildman–Crippen MR) is 71.9 cm³/mol. The molecule has 0 spiro atoms. The molecule has 0 saturated heterocycles. The molecular weight excluding hydrogens is 228 g/mol. The summed E-state index contributed by atoms with van der Waals surface area (Å²) in [6.45, 7) is 4.22. The van der Waals surface area contributed by atoms with E-state index in [4.69, 9.17) is 10.5 Å². The van der Waals surface area contributed by atoms with E-state index in [0.29, 0.717) is 25.1 Å². The van der Waals surface area contributed by atoms with E-state index in [-0.39, 0.29) is 0 Å². The predicted octanol–water partition coefficient (Wildman–Crippen LogP) is 1.58. The number of rotatable bonds is 7. The Morgan fingerprint density at radius 3 is 2.89 bits per heavy atom. The van der Waals surface area contributed by atoms with E-state index in [2.05, 4.69) is 21.8 Å². The first-order chi connectivity index (χ1) is 8.85. The summed E-state index contributed by atoms with van der Waals surface area (Å²) in [5.41, 5.74) is 5.68. The monoisotopic (exact) mass is 250 g/mol. The molecule has 2 rings (SSSR count). The van der Waals surface area contributed by atoms with Gasteiger partial charge in [0.15, 0.2) is 5.82 Å². The molecule has 0 unspecified atom stereocenters. The molecule has 0 aromatic carbocycles. The minimum atomic E-state index is 0.573. The van der Waals surface area contributed by atoms with Crippen LogP contribution in [0.25, 0.3) is 0 Å². The first kappa shape index (κ1) is 13.1. The lowest BCUT2D eigenvalue weighted by molar-refractivity contribution is 0.303. The standard InChI is InChI=1S/C13H22N4O/c1-2-8-18-13-10-15-9-12(16-13)17(7-6-14)11-4-3-5-11/h9-11H,2-8,14H2,1H3. The third-order valence-corrected chi connectivity index (χ3v) is 3.23. The molecule has 1 aromatic rings. The summed E-state index contributed by atoms with van der Waals surface area (Å²) in [5.74, 6) is 1.49. The molecule has 2 N–H and O–H groups in total. The molecule has 1 fully saturated rings. The third kappa shape index (κ3) is 3.10. The molecule has 5 heteroatoms. The van der Waals surface area contributed by atoms with Crippen LogP contribution in [0.2, 0.25) is 0 Å². The molecule has 1 saturated carbocycles. The zero-order valence-electron chi connectivity index (χ0n) is 11.0. The zero-order valence-corrected chi connectivity index (χ0v) is 11.0. The van der Waals surface area contributed by atoms with E-state index < -0.39 is 0 Å². The lowest BCUT2D eigenvalue weighted by atomic mass is 9.91. The van der Waals surface area contributed by atoms with Crippen LogP contribution in [0.1, 0.15) is 32.6 Å². The smallest absolute Gasteiger partial charge is 0.234 e. The van der Waals surface area contributed by atoms with Gasteiger partial charge in [-0.2, -0.15) is 4.98 Å². The van der Waals surface area contributed by atoms with Crippen LogP contribution >= 0.6 is 0 Å². The Hall–Kier alpha value is -1.36. The van der Waals surface area contributed by atoms with Crippen LogP contribution in [0.5, 0.6) is 5.88 Å². The maximum absolute atomic E-state index is 5.68. The fourth-order valence-electron chi connectivity index (χ4n) is 2.07. The Balaban J connectivity index is 2.08. The maximum Gasteiger partial charge on any atom is 0.234 e. The summed E-state index contributed by atoms with van der Waals surface area (Å²) >= 11 is 0. The van der Waals surface area contributed by atoms with Crippen molar-refractivity contribution in [1.29, 1.82) is 0 Å². The molecule has 0 radical (unpaired) electrons. The van der Waals surface area contributed by atoms with E-state index in [9.17, 15) is 0 Å². The van der Waals surface area contributed by atoms with Crippen LogP contribution in [0, 0.1) is 0 Å². The minimum absolute atomic E-state index is 0.573. The lowest BCUT2D eigenvalue weighted by Gasteiger charge is -2.38. The average molecular weight is 250 g/mol. The van der Waals surface area contributed by atoms with Gasteiger partial charge in [-0.3, -0.25) is 4.98 Å². The molecule has 0 atom stereocenters. The van der Waals surface area contributed by atoms with Gasteiger partial charge < -0.3 is 15.4 Å². The number of aromatic nitrogens is 2. The Bertz CT molecular complexity index is 368. The minimum Gasteiger partial charge on any atom is -0.477 e. The van der Waals surface area contributed by atoms with Gasteiger partial charge in [-0.25, -0.2) is 0 Å². The number of nitrogens with two attached hydrogens (primary N) is 1. The van der Waals surface area contributed by atoms with E-state index >= 15 is 0 Å². The normalized spacial score (nSPS) is 15.2. The molecule has 0 amide bonds. The second-order valence-corrected chi connectivity index (χ2v) is 4.63. The largest absolute Gasteiger partial charge is 0.477 e. The van der Waals surface area contributed by atoms with Crippen LogP contribution < -0.4 is 15.4 Å². The third-order valence-electron chi connectivity index (χ3n) is 3.23. The summed E-state index contributed by atoms with van der Waals surface area (Å²) < 4.78 is 5.52. The topological polar surface area (TPSA) is 64.3 Å². The maximum atomic E-state index is 5.68. The van der Waals surface area contributed by atoms with Gasteiger partial charge in [-0.15, -0.1) is 0 Å². The molecule has 1 aromatic heterocycles. The highest BCUT2D eigenvalue weighted by Crippen LogP contribution is 2.28. The van der Waals surface area contributed by atoms with Gasteiger partial charge in [0, 0.05) is 19.1 Å². The first-order valence-electron chi connectivity index (χ1n) is 6.76. The van der Waals surface area contributed by atoms with Crippen LogP contribution in [-0.2, 0) is 0 Å². The number of nitrogens with zero attached hydrogens (tertiary/aromatic N) is 3. The molecule has 0 bridgehead atoms. The summed E-state index contributed by atoms with van der Waals surface area (Å²) in [4.78, 5) is 11.0. The first-order valence-corrected chi connectivity index (χ1v) is 6.76. The van der Waals surface area contributed by atoms with Crippen LogP contribution in [0.15, 0.2) is 12.4 Å². The molecule has 1 aliphatic carbocycles. The molecule has 18 heavy (non-hydrogen) atoms. The lowest BCUT2D eigenvalue weighted by Crippen LogP contribution is -2.43. The summed E-state index contributed by atoms with van der Waals surface area (Å²) in [7, 11) is 0.